The van der Waals surface area contributed by atoms with Crippen molar-refractivity contribution in [2.45, 2.75) is 12.8 Å². The van der Waals surface area contributed by atoms with Crippen molar-refractivity contribution in [3.8, 4) is 0 Å². The van der Waals surface area contributed by atoms with E-state index in [-0.39, 0.29) is 0 Å². The zero-order chi connectivity index (χ0) is 10.7. The molecule has 0 saturated carbocycles. The second kappa shape index (κ2) is 4.59. The minimum Gasteiger partial charge on any atom is -0.399 e. The van der Waals surface area contributed by atoms with Gasteiger partial charge in [0.2, 0.25) is 0 Å². The SMILES string of the molecule is COCCCc1nc2ccc(N)cc2s1. The van der Waals surface area contributed by atoms with E-state index in [9.17, 15) is 0 Å². The molecule has 0 fully saturated rings. The van der Waals surface area contributed by atoms with Crippen LogP contribution >= 0.6 is 11.3 Å². The highest BCUT2D eigenvalue weighted by molar-refractivity contribution is 7.18. The summed E-state index contributed by atoms with van der Waals surface area (Å²) in [5, 5.41) is 1.16. The van der Waals surface area contributed by atoms with Gasteiger partial charge in [-0.25, -0.2) is 4.98 Å². The number of anilines is 1. The number of methoxy groups -OCH3 is 1. The van der Waals surface area contributed by atoms with E-state index in [2.05, 4.69) is 4.98 Å². The monoisotopic (exact) mass is 222 g/mol. The first-order valence-corrected chi connectivity index (χ1v) is 5.75. The number of nitrogen functional groups attached to an aromatic ring is 1. The third kappa shape index (κ3) is 2.46. The number of fused-ring (bicyclic) bond motifs is 1. The van der Waals surface area contributed by atoms with E-state index in [4.69, 9.17) is 10.5 Å². The average Bonchev–Trinajstić information content (AvgIpc) is 2.60. The summed E-state index contributed by atoms with van der Waals surface area (Å²) >= 11 is 1.72. The van der Waals surface area contributed by atoms with Crippen molar-refractivity contribution < 1.29 is 4.74 Å². The molecule has 0 amide bonds. The predicted molar refractivity (Wildman–Crippen MR) is 64.2 cm³/mol. The smallest absolute Gasteiger partial charge is 0.0939 e. The molecule has 15 heavy (non-hydrogen) atoms. The fourth-order valence-corrected chi connectivity index (χ4v) is 2.52. The Bertz CT molecular complexity index is 453. The summed E-state index contributed by atoms with van der Waals surface area (Å²) in [7, 11) is 1.72. The molecular formula is C11H14N2OS. The van der Waals surface area contributed by atoms with Gasteiger partial charge < -0.3 is 10.5 Å². The Morgan fingerprint density at radius 1 is 1.47 bits per heavy atom. The lowest BCUT2D eigenvalue weighted by Gasteiger charge is -1.94. The van der Waals surface area contributed by atoms with Crippen molar-refractivity contribution >= 4 is 27.2 Å². The van der Waals surface area contributed by atoms with Crippen LogP contribution in [0.15, 0.2) is 18.2 Å². The van der Waals surface area contributed by atoms with E-state index in [1.165, 1.54) is 4.70 Å². The molecule has 0 unspecified atom stereocenters. The van der Waals surface area contributed by atoms with Crippen molar-refractivity contribution in [1.82, 2.24) is 4.98 Å². The molecular weight excluding hydrogens is 208 g/mol. The normalized spacial score (nSPS) is 11.0. The topological polar surface area (TPSA) is 48.1 Å². The van der Waals surface area contributed by atoms with Gasteiger partial charge in [-0.1, -0.05) is 0 Å². The van der Waals surface area contributed by atoms with Crippen molar-refractivity contribution in [1.29, 1.82) is 0 Å². The number of hydrogen-bond acceptors (Lipinski definition) is 4. The van der Waals surface area contributed by atoms with Crippen LogP contribution in [0.25, 0.3) is 10.2 Å². The molecule has 0 aliphatic carbocycles. The van der Waals surface area contributed by atoms with Crippen LogP contribution in [0.5, 0.6) is 0 Å². The van der Waals surface area contributed by atoms with E-state index < -0.39 is 0 Å². The van der Waals surface area contributed by atoms with E-state index >= 15 is 0 Å². The lowest BCUT2D eigenvalue weighted by Crippen LogP contribution is -1.91. The number of nitrogens with zero attached hydrogens (tertiary/aromatic N) is 1. The lowest BCUT2D eigenvalue weighted by atomic mass is 10.3. The van der Waals surface area contributed by atoms with Crippen molar-refractivity contribution in [2.75, 3.05) is 19.5 Å². The highest BCUT2D eigenvalue weighted by atomic mass is 32.1. The Hall–Kier alpha value is -1.13. The van der Waals surface area contributed by atoms with Crippen molar-refractivity contribution in [3.05, 3.63) is 23.2 Å². The first-order chi connectivity index (χ1) is 7.29. The second-order valence-corrected chi connectivity index (χ2v) is 4.55. The number of rotatable bonds is 4. The zero-order valence-corrected chi connectivity index (χ0v) is 9.51. The van der Waals surface area contributed by atoms with Gasteiger partial charge >= 0.3 is 0 Å². The van der Waals surface area contributed by atoms with Gasteiger partial charge in [-0.15, -0.1) is 11.3 Å². The van der Waals surface area contributed by atoms with E-state index in [1.54, 1.807) is 18.4 Å². The first kappa shape index (κ1) is 10.4. The van der Waals surface area contributed by atoms with E-state index in [1.807, 2.05) is 18.2 Å². The molecule has 2 rings (SSSR count). The van der Waals surface area contributed by atoms with E-state index in [0.29, 0.717) is 0 Å². The molecule has 2 aromatic rings. The maximum Gasteiger partial charge on any atom is 0.0939 e. The predicted octanol–water partition coefficient (Wildman–Crippen LogP) is 2.46. The molecule has 0 radical (unpaired) electrons. The van der Waals surface area contributed by atoms with Gasteiger partial charge in [0.25, 0.3) is 0 Å². The molecule has 0 aliphatic heterocycles. The first-order valence-electron chi connectivity index (χ1n) is 4.93. The summed E-state index contributed by atoms with van der Waals surface area (Å²) in [6, 6.07) is 5.84. The Labute approximate surface area is 92.9 Å². The maximum absolute atomic E-state index is 5.71. The highest BCUT2D eigenvalue weighted by Crippen LogP contribution is 2.24. The molecule has 3 nitrogen and oxygen atoms in total. The van der Waals surface area contributed by atoms with Crippen LogP contribution in [0, 0.1) is 0 Å². The fraction of sp³-hybridized carbons (Fsp3) is 0.364. The average molecular weight is 222 g/mol. The van der Waals surface area contributed by atoms with Gasteiger partial charge in [-0.05, 0) is 24.6 Å². The van der Waals surface area contributed by atoms with E-state index in [0.717, 1.165) is 35.7 Å². The molecule has 2 N–H and O–H groups in total. The van der Waals surface area contributed by atoms with Gasteiger partial charge in [0.05, 0.1) is 15.2 Å². The molecule has 1 aromatic heterocycles. The molecule has 0 saturated heterocycles. The van der Waals surface area contributed by atoms with Gasteiger partial charge in [-0.2, -0.15) is 0 Å². The zero-order valence-electron chi connectivity index (χ0n) is 8.69. The highest BCUT2D eigenvalue weighted by Gasteiger charge is 2.03. The molecule has 1 aromatic carbocycles. The van der Waals surface area contributed by atoms with Gasteiger partial charge in [-0.3, -0.25) is 0 Å². The minimum atomic E-state index is 0.790. The van der Waals surface area contributed by atoms with Gasteiger partial charge in [0.15, 0.2) is 0 Å². The summed E-state index contributed by atoms with van der Waals surface area (Å²) in [6.07, 6.45) is 2.00. The lowest BCUT2D eigenvalue weighted by molar-refractivity contribution is 0.195. The van der Waals surface area contributed by atoms with Gasteiger partial charge in [0, 0.05) is 25.8 Å². The summed E-state index contributed by atoms with van der Waals surface area (Å²) in [5.41, 5.74) is 7.56. The van der Waals surface area contributed by atoms with Crippen molar-refractivity contribution in [3.63, 3.8) is 0 Å². The minimum absolute atomic E-state index is 0.790. The number of hydrogen-bond donors (Lipinski definition) is 1. The van der Waals surface area contributed by atoms with Crippen LogP contribution in [-0.2, 0) is 11.2 Å². The quantitative estimate of drug-likeness (QED) is 0.638. The number of ether oxygens (including phenoxy) is 1. The molecule has 4 heteroatoms. The Balaban J connectivity index is 2.16. The molecule has 1 heterocycles. The molecule has 0 spiro atoms. The summed E-state index contributed by atoms with van der Waals surface area (Å²) in [6.45, 7) is 0.790. The Morgan fingerprint density at radius 2 is 2.33 bits per heavy atom. The van der Waals surface area contributed by atoms with Crippen LogP contribution in [0.4, 0.5) is 5.69 Å². The van der Waals surface area contributed by atoms with Crippen LogP contribution in [0.2, 0.25) is 0 Å². The van der Waals surface area contributed by atoms with Crippen molar-refractivity contribution in [2.24, 2.45) is 0 Å². The second-order valence-electron chi connectivity index (χ2n) is 3.43. The maximum atomic E-state index is 5.71. The number of aryl methyl sites for hydroxylation is 1. The fourth-order valence-electron chi connectivity index (χ4n) is 1.46. The molecule has 0 atom stereocenters. The van der Waals surface area contributed by atoms with Crippen LogP contribution < -0.4 is 5.73 Å². The largest absolute Gasteiger partial charge is 0.399 e. The molecule has 0 bridgehead atoms. The van der Waals surface area contributed by atoms with Crippen LogP contribution in [0.3, 0.4) is 0 Å². The summed E-state index contributed by atoms with van der Waals surface area (Å²) in [4.78, 5) is 4.53. The number of nitrogens with two attached hydrogens (primary N) is 1. The Morgan fingerprint density at radius 3 is 3.13 bits per heavy atom. The molecule has 80 valence electrons. The van der Waals surface area contributed by atoms with Gasteiger partial charge in [0.1, 0.15) is 0 Å². The number of thiazole rings is 1. The Kier molecular flexibility index (Phi) is 3.18. The summed E-state index contributed by atoms with van der Waals surface area (Å²) in [5.74, 6) is 0. The van der Waals surface area contributed by atoms with Crippen LogP contribution in [-0.4, -0.2) is 18.7 Å². The number of benzene rings is 1. The number of aromatic nitrogens is 1. The standard InChI is InChI=1S/C11H14N2OS/c1-14-6-2-3-11-13-9-5-4-8(12)7-10(9)15-11/h4-5,7H,2-3,6,12H2,1H3. The summed E-state index contributed by atoms with van der Waals surface area (Å²) < 4.78 is 6.18. The van der Waals surface area contributed by atoms with Crippen LogP contribution in [0.1, 0.15) is 11.4 Å². The molecule has 0 aliphatic rings. The third-order valence-electron chi connectivity index (χ3n) is 2.20. The third-order valence-corrected chi connectivity index (χ3v) is 3.27.